The van der Waals surface area contributed by atoms with Crippen LogP contribution in [0.1, 0.15) is 25.8 Å². The van der Waals surface area contributed by atoms with Crippen LogP contribution in [0.25, 0.3) is 5.69 Å². The number of benzene rings is 2. The Kier molecular flexibility index (Phi) is 8.94. The number of methoxy groups -OCH3 is 1. The van der Waals surface area contributed by atoms with Crippen LogP contribution in [-0.4, -0.2) is 49.3 Å². The van der Waals surface area contributed by atoms with Crippen LogP contribution in [0.3, 0.4) is 0 Å². The van der Waals surface area contributed by atoms with E-state index in [1.807, 2.05) is 56.4 Å². The number of para-hydroxylation sites is 2. The van der Waals surface area contributed by atoms with E-state index in [-0.39, 0.29) is 11.0 Å². The maximum Gasteiger partial charge on any atom is 0.418 e. The Morgan fingerprint density at radius 1 is 1.08 bits per heavy atom. The highest BCUT2D eigenvalue weighted by molar-refractivity contribution is 6.72. The van der Waals surface area contributed by atoms with Crippen molar-refractivity contribution in [2.45, 2.75) is 45.3 Å². The van der Waals surface area contributed by atoms with Crippen molar-refractivity contribution in [1.82, 2.24) is 9.78 Å². The lowest BCUT2D eigenvalue weighted by Gasteiger charge is -2.37. The van der Waals surface area contributed by atoms with Crippen molar-refractivity contribution in [3.8, 4) is 17.3 Å². The molecule has 0 aliphatic rings. The van der Waals surface area contributed by atoms with Crippen molar-refractivity contribution in [1.29, 1.82) is 0 Å². The highest BCUT2D eigenvalue weighted by Crippen LogP contribution is 2.41. The summed E-state index contributed by atoms with van der Waals surface area (Å²) in [6.07, 6.45) is 0.130. The molecule has 3 rings (SSSR count). The van der Waals surface area contributed by atoms with Crippen molar-refractivity contribution in [3.63, 3.8) is 0 Å². The smallest absolute Gasteiger partial charge is 0.418 e. The zero-order valence-electron chi connectivity index (χ0n) is 21.9. The SMILES string of the molecule is COC[C@@H](COc1nn(-c2ccccc2)c(NC(=O)Oc2ccccc2)c1C)CC(C)(C)[Si](C)(C)O. The summed E-state index contributed by atoms with van der Waals surface area (Å²) in [6, 6.07) is 18.4. The molecule has 0 saturated heterocycles. The van der Waals surface area contributed by atoms with Crippen LogP contribution in [0, 0.1) is 12.8 Å². The normalized spacial score (nSPS) is 12.8. The highest BCUT2D eigenvalue weighted by atomic mass is 28.4. The fourth-order valence-electron chi connectivity index (χ4n) is 3.80. The second-order valence-electron chi connectivity index (χ2n) is 10.1. The molecule has 2 N–H and O–H groups in total. The number of nitrogens with zero attached hydrogens (tertiary/aromatic N) is 2. The largest absolute Gasteiger partial charge is 0.476 e. The molecule has 0 saturated carbocycles. The lowest BCUT2D eigenvalue weighted by Crippen LogP contribution is -2.41. The Hall–Kier alpha value is -3.14. The average Bonchev–Trinajstić information content (AvgIpc) is 3.13. The quantitative estimate of drug-likeness (QED) is 0.316. The Labute approximate surface area is 214 Å². The van der Waals surface area contributed by atoms with Gasteiger partial charge in [-0.05, 0) is 55.7 Å². The summed E-state index contributed by atoms with van der Waals surface area (Å²) in [7, 11) is -0.724. The lowest BCUT2D eigenvalue weighted by molar-refractivity contribution is 0.103. The zero-order chi connectivity index (χ0) is 26.3. The maximum atomic E-state index is 12.7. The van der Waals surface area contributed by atoms with Gasteiger partial charge >= 0.3 is 6.09 Å². The first-order valence-corrected chi connectivity index (χ1v) is 15.0. The van der Waals surface area contributed by atoms with E-state index in [0.717, 1.165) is 12.1 Å². The van der Waals surface area contributed by atoms with Gasteiger partial charge in [-0.15, -0.1) is 5.10 Å². The summed E-state index contributed by atoms with van der Waals surface area (Å²) in [4.78, 5) is 23.4. The molecule has 0 aliphatic heterocycles. The molecule has 1 heterocycles. The molecule has 36 heavy (non-hydrogen) atoms. The molecule has 0 aliphatic carbocycles. The minimum absolute atomic E-state index is 0.0599. The van der Waals surface area contributed by atoms with Gasteiger partial charge in [0.15, 0.2) is 8.32 Å². The summed E-state index contributed by atoms with van der Waals surface area (Å²) in [5.41, 5.74) is 1.45. The zero-order valence-corrected chi connectivity index (χ0v) is 22.9. The van der Waals surface area contributed by atoms with Gasteiger partial charge < -0.3 is 19.0 Å². The summed E-state index contributed by atoms with van der Waals surface area (Å²) in [5, 5.41) is 7.27. The molecule has 0 fully saturated rings. The molecule has 0 bridgehead atoms. The van der Waals surface area contributed by atoms with Crippen molar-refractivity contribution >= 4 is 20.2 Å². The summed E-state index contributed by atoms with van der Waals surface area (Å²) in [6.45, 7) is 10.8. The molecule has 1 amide bonds. The number of ether oxygens (including phenoxy) is 3. The maximum absolute atomic E-state index is 12.7. The van der Waals surface area contributed by atoms with Gasteiger partial charge in [-0.3, -0.25) is 5.32 Å². The van der Waals surface area contributed by atoms with Crippen LogP contribution < -0.4 is 14.8 Å². The van der Waals surface area contributed by atoms with Crippen LogP contribution in [-0.2, 0) is 4.74 Å². The monoisotopic (exact) mass is 511 g/mol. The first kappa shape index (κ1) is 27.4. The van der Waals surface area contributed by atoms with E-state index >= 15 is 0 Å². The molecule has 3 aromatic rings. The molecule has 0 unspecified atom stereocenters. The fourth-order valence-corrected chi connectivity index (χ4v) is 4.59. The van der Waals surface area contributed by atoms with Crippen LogP contribution in [0.15, 0.2) is 60.7 Å². The third kappa shape index (κ3) is 6.96. The van der Waals surface area contributed by atoms with Gasteiger partial charge in [-0.2, -0.15) is 0 Å². The number of aromatic nitrogens is 2. The number of carbonyl (C=O) groups excluding carboxylic acids is 1. The second kappa shape index (κ2) is 11.7. The van der Waals surface area contributed by atoms with Crippen molar-refractivity contribution < 1.29 is 23.8 Å². The summed E-state index contributed by atoms with van der Waals surface area (Å²) >= 11 is 0. The van der Waals surface area contributed by atoms with Gasteiger partial charge in [-0.25, -0.2) is 9.48 Å². The number of carbonyl (C=O) groups is 1. The van der Waals surface area contributed by atoms with E-state index in [1.165, 1.54) is 0 Å². The van der Waals surface area contributed by atoms with E-state index in [9.17, 15) is 9.59 Å². The molecular formula is C27H37N3O5Si. The molecule has 8 nitrogen and oxygen atoms in total. The van der Waals surface area contributed by atoms with E-state index in [0.29, 0.717) is 36.2 Å². The van der Waals surface area contributed by atoms with Crippen LogP contribution in [0.4, 0.5) is 10.6 Å². The summed E-state index contributed by atoms with van der Waals surface area (Å²) in [5.74, 6) is 1.37. The molecule has 1 aromatic heterocycles. The number of hydrogen-bond donors (Lipinski definition) is 2. The Bertz CT molecular complexity index is 1130. The minimum atomic E-state index is -2.39. The van der Waals surface area contributed by atoms with E-state index in [1.54, 1.807) is 36.1 Å². The Morgan fingerprint density at radius 3 is 2.28 bits per heavy atom. The number of anilines is 1. The first-order chi connectivity index (χ1) is 17.0. The van der Waals surface area contributed by atoms with Crippen molar-refractivity contribution in [3.05, 3.63) is 66.2 Å². The highest BCUT2D eigenvalue weighted by Gasteiger charge is 2.39. The van der Waals surface area contributed by atoms with Crippen LogP contribution >= 0.6 is 0 Å². The van der Waals surface area contributed by atoms with Gasteiger partial charge in [0, 0.05) is 13.0 Å². The van der Waals surface area contributed by atoms with E-state index < -0.39 is 14.4 Å². The standard InChI is InChI=1S/C27H37N3O5Si/c1-20-24(28-26(31)35-23-15-11-8-12-16-23)30(22-13-9-7-10-14-22)29-25(20)34-19-21(18-33-4)17-27(2,3)36(5,6)32/h7-16,21,32H,17-19H2,1-6H3,(H,28,31)/t21-/m0/s1. The Morgan fingerprint density at radius 2 is 1.69 bits per heavy atom. The number of rotatable bonds is 11. The minimum Gasteiger partial charge on any atom is -0.476 e. The molecule has 194 valence electrons. The van der Waals surface area contributed by atoms with Gasteiger partial charge in [0.05, 0.1) is 24.5 Å². The molecule has 0 radical (unpaired) electrons. The molecular weight excluding hydrogens is 474 g/mol. The lowest BCUT2D eigenvalue weighted by atomic mass is 9.97. The number of nitrogens with one attached hydrogen (secondary N) is 1. The van der Waals surface area contributed by atoms with Crippen LogP contribution in [0.5, 0.6) is 11.6 Å². The topological polar surface area (TPSA) is 94.8 Å². The number of amides is 1. The van der Waals surface area contributed by atoms with Gasteiger partial charge in [0.2, 0.25) is 5.88 Å². The average molecular weight is 512 g/mol. The molecule has 2 aromatic carbocycles. The third-order valence-electron chi connectivity index (χ3n) is 6.57. The van der Waals surface area contributed by atoms with Gasteiger partial charge in [0.25, 0.3) is 0 Å². The van der Waals surface area contributed by atoms with Gasteiger partial charge in [0.1, 0.15) is 11.6 Å². The first-order valence-electron chi connectivity index (χ1n) is 12.0. The van der Waals surface area contributed by atoms with Crippen molar-refractivity contribution in [2.75, 3.05) is 25.6 Å². The number of hydrogen-bond acceptors (Lipinski definition) is 6. The van der Waals surface area contributed by atoms with Crippen LogP contribution in [0.2, 0.25) is 18.1 Å². The molecule has 1 atom stereocenters. The molecule has 9 heteroatoms. The fraction of sp³-hybridized carbons (Fsp3) is 0.407. The third-order valence-corrected chi connectivity index (χ3v) is 10.1. The predicted molar refractivity (Wildman–Crippen MR) is 144 cm³/mol. The second-order valence-corrected chi connectivity index (χ2v) is 14.6. The van der Waals surface area contributed by atoms with E-state index in [4.69, 9.17) is 14.2 Å². The van der Waals surface area contributed by atoms with Crippen molar-refractivity contribution in [2.24, 2.45) is 5.92 Å². The van der Waals surface area contributed by atoms with E-state index in [2.05, 4.69) is 24.3 Å². The Balaban J connectivity index is 1.83. The van der Waals surface area contributed by atoms with Gasteiger partial charge in [-0.1, -0.05) is 50.2 Å². The predicted octanol–water partition coefficient (Wildman–Crippen LogP) is 5.80. The molecule has 0 spiro atoms. The summed E-state index contributed by atoms with van der Waals surface area (Å²) < 4.78 is 18.7.